The monoisotopic (exact) mass is 335 g/mol. The minimum Gasteiger partial charge on any atom is -0.496 e. The van der Waals surface area contributed by atoms with Crippen LogP contribution in [0.1, 0.15) is 22.8 Å². The van der Waals surface area contributed by atoms with Gasteiger partial charge in [-0.2, -0.15) is 0 Å². The zero-order valence-electron chi connectivity index (χ0n) is 12.5. The van der Waals surface area contributed by atoms with Crippen molar-refractivity contribution in [3.63, 3.8) is 0 Å². The molecule has 120 valence electrons. The fourth-order valence-electron chi connectivity index (χ4n) is 2.02. The molecule has 0 heterocycles. The summed E-state index contributed by atoms with van der Waals surface area (Å²) in [5, 5.41) is 11.3. The van der Waals surface area contributed by atoms with E-state index in [1.54, 1.807) is 18.2 Å². The van der Waals surface area contributed by atoms with Crippen molar-refractivity contribution in [1.29, 1.82) is 0 Å². The molecule has 0 bridgehead atoms. The summed E-state index contributed by atoms with van der Waals surface area (Å²) >= 11 is 5.76. The first kappa shape index (κ1) is 16.8. The third-order valence-corrected chi connectivity index (χ3v) is 3.42. The van der Waals surface area contributed by atoms with Crippen molar-refractivity contribution < 1.29 is 19.2 Å². The van der Waals surface area contributed by atoms with E-state index in [0.29, 0.717) is 16.9 Å². The van der Waals surface area contributed by atoms with Gasteiger partial charge in [-0.3, -0.25) is 14.9 Å². The van der Waals surface area contributed by atoms with Gasteiger partial charge in [0.25, 0.3) is 0 Å². The smallest absolute Gasteiger partial charge is 0.312 e. The van der Waals surface area contributed by atoms with Crippen molar-refractivity contribution >= 4 is 23.1 Å². The number of Topliss-reactive ketones (excluding diaryl/α,β-unsaturated/α-hetero) is 1. The third-order valence-electron chi connectivity index (χ3n) is 3.19. The number of benzene rings is 2. The average molecular weight is 336 g/mol. The number of carbonyl (C=O) groups is 1. The molecule has 0 saturated carbocycles. The van der Waals surface area contributed by atoms with Gasteiger partial charge in [-0.05, 0) is 37.3 Å². The summed E-state index contributed by atoms with van der Waals surface area (Å²) in [6.07, 6.45) is 0. The summed E-state index contributed by atoms with van der Waals surface area (Å²) in [7, 11) is 1.50. The molecule has 6 nitrogen and oxygen atoms in total. The molecule has 0 N–H and O–H groups in total. The molecule has 0 saturated heterocycles. The van der Waals surface area contributed by atoms with Crippen LogP contribution in [0.25, 0.3) is 0 Å². The first-order valence-corrected chi connectivity index (χ1v) is 7.04. The van der Waals surface area contributed by atoms with E-state index < -0.39 is 4.92 Å². The van der Waals surface area contributed by atoms with Gasteiger partial charge in [0.1, 0.15) is 12.4 Å². The van der Waals surface area contributed by atoms with E-state index in [4.69, 9.17) is 21.1 Å². The van der Waals surface area contributed by atoms with Gasteiger partial charge in [-0.15, -0.1) is 0 Å². The lowest BCUT2D eigenvalue weighted by atomic mass is 10.1. The Morgan fingerprint density at radius 2 is 1.91 bits per heavy atom. The van der Waals surface area contributed by atoms with Crippen LogP contribution in [0.5, 0.6) is 11.5 Å². The van der Waals surface area contributed by atoms with Gasteiger partial charge in [0.2, 0.25) is 0 Å². The zero-order chi connectivity index (χ0) is 17.0. The predicted molar refractivity (Wildman–Crippen MR) is 85.4 cm³/mol. The van der Waals surface area contributed by atoms with Crippen molar-refractivity contribution in [2.45, 2.75) is 13.5 Å². The molecule has 7 heteroatoms. The van der Waals surface area contributed by atoms with E-state index in [0.717, 1.165) is 0 Å². The molecule has 0 spiro atoms. The Morgan fingerprint density at radius 3 is 2.52 bits per heavy atom. The number of hydrogen-bond donors (Lipinski definition) is 0. The molecule has 0 atom stereocenters. The van der Waals surface area contributed by atoms with Crippen molar-refractivity contribution in [3.05, 3.63) is 62.7 Å². The lowest BCUT2D eigenvalue weighted by Gasteiger charge is -2.11. The van der Waals surface area contributed by atoms with Gasteiger partial charge < -0.3 is 9.47 Å². The molecule has 0 fully saturated rings. The normalized spacial score (nSPS) is 10.2. The molecule has 0 radical (unpaired) electrons. The highest BCUT2D eigenvalue weighted by Crippen LogP contribution is 2.31. The highest BCUT2D eigenvalue weighted by Gasteiger charge is 2.17. The van der Waals surface area contributed by atoms with Crippen LogP contribution in [0.2, 0.25) is 5.02 Å². The van der Waals surface area contributed by atoms with Crippen LogP contribution >= 0.6 is 11.6 Å². The van der Waals surface area contributed by atoms with Crippen molar-refractivity contribution in [3.8, 4) is 11.5 Å². The highest BCUT2D eigenvalue weighted by molar-refractivity contribution is 6.30. The molecule has 0 aliphatic rings. The van der Waals surface area contributed by atoms with Crippen molar-refractivity contribution in [2.75, 3.05) is 7.11 Å². The molecule has 0 amide bonds. The van der Waals surface area contributed by atoms with Gasteiger partial charge in [-0.1, -0.05) is 11.6 Å². The topological polar surface area (TPSA) is 78.7 Å². The molecular weight excluding hydrogens is 322 g/mol. The number of nitro benzene ring substituents is 1. The lowest BCUT2D eigenvalue weighted by molar-refractivity contribution is -0.385. The second-order valence-electron chi connectivity index (χ2n) is 4.74. The van der Waals surface area contributed by atoms with Crippen molar-refractivity contribution in [1.82, 2.24) is 0 Å². The Kier molecular flexibility index (Phi) is 5.18. The standard InChI is InChI=1S/C16H14ClNO5/c1-10(19)11-3-5-15(22-2)12(7-11)9-23-16-6-4-13(17)8-14(16)18(20)21/h3-8H,9H2,1-2H3. The second kappa shape index (κ2) is 7.11. The van der Waals surface area contributed by atoms with Crippen molar-refractivity contribution in [2.24, 2.45) is 0 Å². The summed E-state index contributed by atoms with van der Waals surface area (Å²) in [4.78, 5) is 22.0. The first-order valence-electron chi connectivity index (χ1n) is 6.67. The van der Waals surface area contributed by atoms with Crippen LogP contribution in [-0.2, 0) is 6.61 Å². The summed E-state index contributed by atoms with van der Waals surface area (Å²) in [5.41, 5.74) is 0.902. The quantitative estimate of drug-likeness (QED) is 0.452. The van der Waals surface area contributed by atoms with Crippen LogP contribution in [0.15, 0.2) is 36.4 Å². The SMILES string of the molecule is COc1ccc(C(C)=O)cc1COc1ccc(Cl)cc1[N+](=O)[O-]. The number of ketones is 1. The average Bonchev–Trinajstić information content (AvgIpc) is 2.53. The number of halogens is 1. The summed E-state index contributed by atoms with van der Waals surface area (Å²) in [6, 6.07) is 9.11. The molecule has 0 aliphatic heterocycles. The van der Waals surface area contributed by atoms with E-state index in [-0.39, 0.29) is 28.8 Å². The minimum atomic E-state index is -0.565. The van der Waals surface area contributed by atoms with Crippen LogP contribution in [0, 0.1) is 10.1 Å². The van der Waals surface area contributed by atoms with E-state index in [1.807, 2.05) is 0 Å². The number of ether oxygens (including phenoxy) is 2. The largest absolute Gasteiger partial charge is 0.496 e. The zero-order valence-corrected chi connectivity index (χ0v) is 13.3. The number of carbonyl (C=O) groups excluding carboxylic acids is 1. The van der Waals surface area contributed by atoms with E-state index in [2.05, 4.69) is 0 Å². The molecule has 0 unspecified atom stereocenters. The highest BCUT2D eigenvalue weighted by atomic mass is 35.5. The van der Waals surface area contributed by atoms with Gasteiger partial charge in [0.05, 0.1) is 12.0 Å². The summed E-state index contributed by atoms with van der Waals surface area (Å²) < 4.78 is 10.7. The van der Waals surface area contributed by atoms with Crippen LogP contribution in [-0.4, -0.2) is 17.8 Å². The van der Waals surface area contributed by atoms with Gasteiger partial charge in [0, 0.05) is 22.2 Å². The van der Waals surface area contributed by atoms with Crippen LogP contribution in [0.3, 0.4) is 0 Å². The Morgan fingerprint density at radius 1 is 1.22 bits per heavy atom. The Balaban J connectivity index is 2.29. The number of hydrogen-bond acceptors (Lipinski definition) is 5. The molecule has 0 aromatic heterocycles. The second-order valence-corrected chi connectivity index (χ2v) is 5.18. The molecule has 23 heavy (non-hydrogen) atoms. The third kappa shape index (κ3) is 3.98. The van der Waals surface area contributed by atoms with Gasteiger partial charge in [-0.25, -0.2) is 0 Å². The fraction of sp³-hybridized carbons (Fsp3) is 0.188. The van der Waals surface area contributed by atoms with Gasteiger partial charge in [0.15, 0.2) is 11.5 Å². The number of nitro groups is 1. The van der Waals surface area contributed by atoms with Crippen LogP contribution < -0.4 is 9.47 Å². The Bertz CT molecular complexity index is 760. The number of rotatable bonds is 6. The van der Waals surface area contributed by atoms with Gasteiger partial charge >= 0.3 is 5.69 Å². The Labute approximate surface area is 137 Å². The molecule has 0 aliphatic carbocycles. The molecule has 2 aromatic rings. The molecule has 2 rings (SSSR count). The summed E-state index contributed by atoms with van der Waals surface area (Å²) in [5.74, 6) is 0.535. The van der Waals surface area contributed by atoms with Crippen LogP contribution in [0.4, 0.5) is 5.69 Å². The number of nitrogens with zero attached hydrogens (tertiary/aromatic N) is 1. The van der Waals surface area contributed by atoms with E-state index in [1.165, 1.54) is 32.2 Å². The Hall–Kier alpha value is -2.60. The summed E-state index contributed by atoms with van der Waals surface area (Å²) in [6.45, 7) is 1.48. The minimum absolute atomic E-state index is 0.0206. The van der Waals surface area contributed by atoms with E-state index >= 15 is 0 Å². The predicted octanol–water partition coefficient (Wildman–Crippen LogP) is 4.04. The maximum absolute atomic E-state index is 11.5. The maximum atomic E-state index is 11.5. The first-order chi connectivity index (χ1) is 10.9. The molecular formula is C16H14ClNO5. The molecule has 2 aromatic carbocycles. The van der Waals surface area contributed by atoms with E-state index in [9.17, 15) is 14.9 Å². The fourth-order valence-corrected chi connectivity index (χ4v) is 2.19. The lowest BCUT2D eigenvalue weighted by Crippen LogP contribution is -2.03. The maximum Gasteiger partial charge on any atom is 0.312 e. The number of methoxy groups -OCH3 is 1.